The van der Waals surface area contributed by atoms with Crippen molar-refractivity contribution in [2.45, 2.75) is 23.3 Å². The molecule has 33 heavy (non-hydrogen) atoms. The molecule has 8 heteroatoms. The molecule has 1 aliphatic heterocycles. The Kier molecular flexibility index (Phi) is 6.16. The van der Waals surface area contributed by atoms with Crippen molar-refractivity contribution < 1.29 is 22.7 Å². The average molecular weight is 484 g/mol. The predicted molar refractivity (Wildman–Crippen MR) is 131 cm³/mol. The molecule has 0 bridgehead atoms. The number of carbonyl (C=O) groups excluding carboxylic acids is 1. The van der Waals surface area contributed by atoms with E-state index in [-0.39, 0.29) is 6.42 Å². The summed E-state index contributed by atoms with van der Waals surface area (Å²) in [4.78, 5) is 11.6. The van der Waals surface area contributed by atoms with Crippen LogP contribution in [-0.2, 0) is 19.6 Å². The molecule has 1 aliphatic rings. The van der Waals surface area contributed by atoms with Gasteiger partial charge in [0.25, 0.3) is 0 Å². The van der Waals surface area contributed by atoms with Crippen molar-refractivity contribution in [3.05, 3.63) is 83.4 Å². The number of ether oxygens (including phenoxy) is 2. The zero-order valence-electron chi connectivity index (χ0n) is 18.5. The van der Waals surface area contributed by atoms with Gasteiger partial charge in [0.15, 0.2) is 0 Å². The third kappa shape index (κ3) is 4.45. The van der Waals surface area contributed by atoms with E-state index in [1.165, 1.54) is 0 Å². The highest BCUT2D eigenvalue weighted by molar-refractivity contribution is 7.90. The summed E-state index contributed by atoms with van der Waals surface area (Å²) in [5.74, 6) is 1.02. The van der Waals surface area contributed by atoms with Crippen molar-refractivity contribution in [2.24, 2.45) is 0 Å². The molecule has 3 aromatic rings. The van der Waals surface area contributed by atoms with Crippen molar-refractivity contribution in [1.82, 2.24) is 4.72 Å². The molecule has 1 saturated heterocycles. The minimum Gasteiger partial charge on any atom is -0.497 e. The van der Waals surface area contributed by atoms with Crippen LogP contribution in [0.5, 0.6) is 11.5 Å². The van der Waals surface area contributed by atoms with Gasteiger partial charge >= 0.3 is 0 Å². The number of methoxy groups -OCH3 is 2. The maximum atomic E-state index is 12.2. The highest BCUT2D eigenvalue weighted by Crippen LogP contribution is 2.41. The van der Waals surface area contributed by atoms with Crippen LogP contribution in [0.25, 0.3) is 11.1 Å². The second kappa shape index (κ2) is 8.76. The van der Waals surface area contributed by atoms with E-state index in [0.29, 0.717) is 5.56 Å². The second-order valence-electron chi connectivity index (χ2n) is 8.10. The molecule has 172 valence electrons. The minimum atomic E-state index is -3.68. The topological polar surface area (TPSA) is 81.7 Å². The van der Waals surface area contributed by atoms with Crippen molar-refractivity contribution >= 4 is 28.6 Å². The summed E-state index contributed by atoms with van der Waals surface area (Å²) in [5, 5.41) is -0.867. The quantitative estimate of drug-likeness (QED) is 0.506. The highest BCUT2D eigenvalue weighted by atomic mass is 32.2. The molecular weight excluding hydrogens is 458 g/mol. The van der Waals surface area contributed by atoms with Crippen molar-refractivity contribution in [2.75, 3.05) is 14.2 Å². The third-order valence-electron chi connectivity index (χ3n) is 6.01. The number of nitrogens with one attached hydrogen (secondary N) is 1. The lowest BCUT2D eigenvalue weighted by Crippen LogP contribution is -2.21. The number of thiol groups is 1. The summed E-state index contributed by atoms with van der Waals surface area (Å²) in [6.45, 7) is 1.98. The zero-order valence-corrected chi connectivity index (χ0v) is 20.2. The maximum absolute atomic E-state index is 12.2. The Morgan fingerprint density at radius 1 is 0.939 bits per heavy atom. The Morgan fingerprint density at radius 3 is 2.12 bits per heavy atom. The number of rotatable bonds is 6. The second-order valence-corrected chi connectivity index (χ2v) is 10.9. The van der Waals surface area contributed by atoms with Gasteiger partial charge in [0.2, 0.25) is 15.9 Å². The molecule has 0 spiro atoms. The van der Waals surface area contributed by atoms with Gasteiger partial charge < -0.3 is 9.47 Å². The molecule has 0 aliphatic carbocycles. The summed E-state index contributed by atoms with van der Waals surface area (Å²) in [6, 6.07) is 20.9. The van der Waals surface area contributed by atoms with Crippen LogP contribution in [0.4, 0.5) is 0 Å². The predicted octanol–water partition coefficient (Wildman–Crippen LogP) is 4.45. The molecule has 0 radical (unpaired) electrons. The van der Waals surface area contributed by atoms with E-state index in [9.17, 15) is 13.2 Å². The molecular formula is C25H25NO5S2. The molecule has 0 saturated carbocycles. The summed E-state index contributed by atoms with van der Waals surface area (Å²) in [6.07, 6.45) is -0.0656. The number of hydrogen-bond donors (Lipinski definition) is 2. The molecule has 3 aromatic carbocycles. The van der Waals surface area contributed by atoms with Crippen LogP contribution in [-0.4, -0.2) is 28.5 Å². The van der Waals surface area contributed by atoms with E-state index in [2.05, 4.69) is 0 Å². The highest BCUT2D eigenvalue weighted by Gasteiger charge is 2.38. The SMILES string of the molecule is COc1ccc(-c2ccc(C(C)(S)c3ccc(C4CC(=O)NS4(=O)=O)cc3)cc2OC)cc1. The fourth-order valence-electron chi connectivity index (χ4n) is 4.04. The van der Waals surface area contributed by atoms with Crippen LogP contribution >= 0.6 is 12.6 Å². The first kappa shape index (κ1) is 23.2. The molecule has 1 heterocycles. The maximum Gasteiger partial charge on any atom is 0.242 e. The van der Waals surface area contributed by atoms with E-state index in [4.69, 9.17) is 22.1 Å². The lowest BCUT2D eigenvalue weighted by atomic mass is 9.89. The van der Waals surface area contributed by atoms with Crippen LogP contribution in [0.15, 0.2) is 66.7 Å². The molecule has 1 N–H and O–H groups in total. The van der Waals surface area contributed by atoms with Crippen LogP contribution in [0.2, 0.25) is 0 Å². The molecule has 2 atom stereocenters. The van der Waals surface area contributed by atoms with Crippen LogP contribution in [0, 0.1) is 0 Å². The van der Waals surface area contributed by atoms with E-state index < -0.39 is 25.9 Å². The Balaban J connectivity index is 1.64. The third-order valence-corrected chi connectivity index (χ3v) is 8.23. The lowest BCUT2D eigenvalue weighted by molar-refractivity contribution is -0.118. The average Bonchev–Trinajstić information content (AvgIpc) is 3.10. The van der Waals surface area contributed by atoms with Gasteiger partial charge in [0.1, 0.15) is 16.7 Å². The van der Waals surface area contributed by atoms with Gasteiger partial charge in [-0.2, -0.15) is 12.6 Å². The van der Waals surface area contributed by atoms with Crippen molar-refractivity contribution in [3.8, 4) is 22.6 Å². The first-order valence-electron chi connectivity index (χ1n) is 10.4. The fourth-order valence-corrected chi connectivity index (χ4v) is 5.76. The fraction of sp³-hybridized carbons (Fsp3) is 0.240. The van der Waals surface area contributed by atoms with Gasteiger partial charge in [0, 0.05) is 5.56 Å². The lowest BCUT2D eigenvalue weighted by Gasteiger charge is -2.26. The van der Waals surface area contributed by atoms with Crippen LogP contribution in [0.3, 0.4) is 0 Å². The molecule has 1 fully saturated rings. The standard InChI is InChI=1S/C25H25NO5S2/c1-25(32,18-8-4-17(5-9-18)23-15-24(27)26-33(23,28)29)19-10-13-21(22(14-19)31-3)16-6-11-20(30-2)12-7-16/h4-14,23,32H,15H2,1-3H3,(H,26,27). The molecule has 6 nitrogen and oxygen atoms in total. The van der Waals surface area contributed by atoms with Crippen LogP contribution in [0.1, 0.15) is 35.3 Å². The molecule has 0 aromatic heterocycles. The summed E-state index contributed by atoms with van der Waals surface area (Å²) >= 11 is 4.94. The van der Waals surface area contributed by atoms with Gasteiger partial charge in [-0.3, -0.25) is 9.52 Å². The van der Waals surface area contributed by atoms with Gasteiger partial charge in [-0.25, -0.2) is 8.42 Å². The number of amides is 1. The normalized spacial score (nSPS) is 18.9. The zero-order chi connectivity index (χ0) is 23.8. The first-order chi connectivity index (χ1) is 15.7. The van der Waals surface area contributed by atoms with Gasteiger partial charge in [-0.1, -0.05) is 48.5 Å². The number of hydrogen-bond acceptors (Lipinski definition) is 6. The summed E-state index contributed by atoms with van der Waals surface area (Å²) in [7, 11) is -0.412. The Morgan fingerprint density at radius 2 is 1.58 bits per heavy atom. The number of benzene rings is 3. The van der Waals surface area contributed by atoms with Gasteiger partial charge in [0.05, 0.1) is 25.4 Å². The first-order valence-corrected chi connectivity index (χ1v) is 12.4. The minimum absolute atomic E-state index is 0.0656. The molecule has 1 amide bonds. The molecule has 2 unspecified atom stereocenters. The van der Waals surface area contributed by atoms with Gasteiger partial charge in [-0.05, 0) is 47.4 Å². The largest absolute Gasteiger partial charge is 0.497 e. The Hall–Kier alpha value is -2.97. The Labute approximate surface area is 199 Å². The van der Waals surface area contributed by atoms with Gasteiger partial charge in [-0.15, -0.1) is 0 Å². The monoisotopic (exact) mass is 483 g/mol. The van der Waals surface area contributed by atoms with E-state index in [0.717, 1.165) is 33.8 Å². The summed E-state index contributed by atoms with van der Waals surface area (Å²) < 4.78 is 36.6. The summed E-state index contributed by atoms with van der Waals surface area (Å²) in [5.41, 5.74) is 4.35. The number of sulfonamides is 1. The van der Waals surface area contributed by atoms with Crippen molar-refractivity contribution in [1.29, 1.82) is 0 Å². The van der Waals surface area contributed by atoms with Crippen LogP contribution < -0.4 is 14.2 Å². The smallest absolute Gasteiger partial charge is 0.242 e. The van der Waals surface area contributed by atoms with Crippen molar-refractivity contribution in [3.63, 3.8) is 0 Å². The van der Waals surface area contributed by atoms with E-state index in [1.54, 1.807) is 26.4 Å². The molecule has 4 rings (SSSR count). The van der Waals surface area contributed by atoms with E-state index in [1.807, 2.05) is 66.2 Å². The Bertz CT molecular complexity index is 1280. The van der Waals surface area contributed by atoms with E-state index >= 15 is 0 Å². The number of carbonyl (C=O) groups is 1.